The Balaban J connectivity index is 1.34. The number of nitrogens with one attached hydrogen (secondary N) is 1. The summed E-state index contributed by atoms with van der Waals surface area (Å²) in [6, 6.07) is 8.92. The van der Waals surface area contributed by atoms with E-state index < -0.39 is 35.1 Å². The Morgan fingerprint density at radius 1 is 1.07 bits per heavy atom. The summed E-state index contributed by atoms with van der Waals surface area (Å²) < 4.78 is 86.2. The van der Waals surface area contributed by atoms with Crippen LogP contribution in [0.15, 0.2) is 60.9 Å². The lowest BCUT2D eigenvalue weighted by Gasteiger charge is -2.38. The Labute approximate surface area is 245 Å². The molecule has 0 aliphatic carbocycles. The summed E-state index contributed by atoms with van der Waals surface area (Å²) in [5.74, 6) is -3.93. The van der Waals surface area contributed by atoms with E-state index in [-0.39, 0.29) is 46.0 Å². The summed E-state index contributed by atoms with van der Waals surface area (Å²) in [5.41, 5.74) is -0.464. The molecule has 14 heteroatoms. The van der Waals surface area contributed by atoms with Gasteiger partial charge in [0.25, 0.3) is 5.91 Å². The number of benzene rings is 2. The molecule has 0 spiro atoms. The van der Waals surface area contributed by atoms with Crippen molar-refractivity contribution < 1.29 is 31.1 Å². The molecule has 0 saturated carbocycles. The van der Waals surface area contributed by atoms with E-state index in [4.69, 9.17) is 12.2 Å². The van der Waals surface area contributed by atoms with Gasteiger partial charge in [-0.2, -0.15) is 18.3 Å². The summed E-state index contributed by atoms with van der Waals surface area (Å²) in [4.78, 5) is 22.3. The third-order valence-electron chi connectivity index (χ3n) is 7.63. The van der Waals surface area contributed by atoms with Crippen LogP contribution in [0.2, 0.25) is 0 Å². The number of fused-ring (bicyclic) bond motifs is 1. The summed E-state index contributed by atoms with van der Waals surface area (Å²) in [5, 5.41) is 4.35. The maximum absolute atomic E-state index is 14.8. The van der Waals surface area contributed by atoms with Gasteiger partial charge in [0.05, 0.1) is 22.5 Å². The minimum atomic E-state index is -4.94. The van der Waals surface area contributed by atoms with Gasteiger partial charge in [-0.3, -0.25) is 9.78 Å². The number of nitrogens with zero attached hydrogens (tertiary/aromatic N) is 5. The van der Waals surface area contributed by atoms with Crippen LogP contribution in [0.3, 0.4) is 0 Å². The van der Waals surface area contributed by atoms with Crippen LogP contribution >= 0.6 is 12.2 Å². The minimum absolute atomic E-state index is 0.0272. The molecule has 4 heterocycles. The topological polar surface area (TPSA) is 71.7 Å². The van der Waals surface area contributed by atoms with Crippen molar-refractivity contribution in [3.63, 3.8) is 0 Å². The first kappa shape index (κ1) is 28.6. The molecule has 2 atom stereocenters. The second-order valence-electron chi connectivity index (χ2n) is 10.3. The number of hydrogen-bond acceptors (Lipinski definition) is 4. The van der Waals surface area contributed by atoms with Crippen LogP contribution < -0.4 is 0 Å². The average molecular weight is 617 g/mol. The number of aromatic nitrogens is 5. The molecule has 1 amide bonds. The number of halogens is 6. The van der Waals surface area contributed by atoms with Crippen molar-refractivity contribution in [2.24, 2.45) is 0 Å². The number of imidazole rings is 1. The molecular formula is C29H22F6N6OS. The van der Waals surface area contributed by atoms with E-state index in [1.54, 1.807) is 28.5 Å². The van der Waals surface area contributed by atoms with Crippen molar-refractivity contribution in [1.82, 2.24) is 29.2 Å². The number of piperidine rings is 1. The third kappa shape index (κ3) is 5.09. The smallest absolute Gasteiger partial charge is 0.334 e. The van der Waals surface area contributed by atoms with E-state index in [0.29, 0.717) is 36.1 Å². The summed E-state index contributed by atoms with van der Waals surface area (Å²) >= 11 is 5.41. The van der Waals surface area contributed by atoms with Crippen molar-refractivity contribution in [3.05, 3.63) is 94.4 Å². The SMILES string of the molecule is CC1CC(n2c(=S)[nH]c3ccc(F)c(F)c32)CCN1C(=O)c1cc(-c2cccnc2)n(-c2ccc(F)c(C(F)(F)F)c2)n1. The number of amides is 1. The largest absolute Gasteiger partial charge is 0.419 e. The van der Waals surface area contributed by atoms with Crippen LogP contribution in [0.5, 0.6) is 0 Å². The number of hydrogen-bond donors (Lipinski definition) is 1. The van der Waals surface area contributed by atoms with Crippen molar-refractivity contribution in [2.45, 2.75) is 38.0 Å². The van der Waals surface area contributed by atoms with E-state index in [2.05, 4.69) is 15.1 Å². The Morgan fingerprint density at radius 3 is 2.53 bits per heavy atom. The highest BCUT2D eigenvalue weighted by molar-refractivity contribution is 7.71. The highest BCUT2D eigenvalue weighted by Crippen LogP contribution is 2.35. The molecule has 7 nitrogen and oxygen atoms in total. The summed E-state index contributed by atoms with van der Waals surface area (Å²) in [6.07, 6.45) is -1.22. The molecule has 43 heavy (non-hydrogen) atoms. The first-order valence-electron chi connectivity index (χ1n) is 13.2. The van der Waals surface area contributed by atoms with Crippen LogP contribution in [-0.2, 0) is 6.18 Å². The number of rotatable bonds is 4. The van der Waals surface area contributed by atoms with Gasteiger partial charge in [-0.25, -0.2) is 17.9 Å². The molecule has 1 fully saturated rings. The van der Waals surface area contributed by atoms with Gasteiger partial charge in [0.15, 0.2) is 22.1 Å². The van der Waals surface area contributed by atoms with E-state index in [0.717, 1.165) is 16.8 Å². The van der Waals surface area contributed by atoms with Gasteiger partial charge >= 0.3 is 6.18 Å². The molecule has 6 rings (SSSR count). The maximum Gasteiger partial charge on any atom is 0.419 e. The van der Waals surface area contributed by atoms with Crippen molar-refractivity contribution in [1.29, 1.82) is 0 Å². The fourth-order valence-corrected chi connectivity index (χ4v) is 5.95. The predicted molar refractivity (Wildman–Crippen MR) is 148 cm³/mol. The second-order valence-corrected chi connectivity index (χ2v) is 10.7. The number of H-pyrrole nitrogens is 1. The standard InChI is InChI=1S/C29H22F6N6OS/c1-15-11-17(40-26-22(37-28(40)43)7-6-21(31)25(26)32)8-10-39(15)27(42)23-13-24(16-3-2-9-36-14-16)41(38-23)18-4-5-20(30)19(12-18)29(33,34)35/h2-7,9,12-15,17H,8,10-11H2,1H3,(H,37,43). The van der Waals surface area contributed by atoms with Crippen molar-refractivity contribution >= 4 is 29.2 Å². The zero-order valence-corrected chi connectivity index (χ0v) is 23.2. The van der Waals surface area contributed by atoms with Gasteiger partial charge in [-0.15, -0.1) is 0 Å². The Bertz CT molecular complexity index is 1910. The number of aromatic amines is 1. The molecule has 1 saturated heterocycles. The predicted octanol–water partition coefficient (Wildman–Crippen LogP) is 7.25. The molecule has 3 aromatic heterocycles. The van der Waals surface area contributed by atoms with E-state index in [1.807, 2.05) is 0 Å². The summed E-state index contributed by atoms with van der Waals surface area (Å²) in [7, 11) is 0. The number of carbonyl (C=O) groups excluding carboxylic acids is 1. The Hall–Kier alpha value is -4.46. The maximum atomic E-state index is 14.8. The number of likely N-dealkylation sites (tertiary alicyclic amines) is 1. The number of alkyl halides is 3. The number of carbonyl (C=O) groups is 1. The molecule has 222 valence electrons. The van der Waals surface area contributed by atoms with E-state index in [1.165, 1.54) is 24.5 Å². The lowest BCUT2D eigenvalue weighted by atomic mass is 9.97. The number of pyridine rings is 1. The van der Waals surface area contributed by atoms with Crippen LogP contribution in [0.1, 0.15) is 41.9 Å². The summed E-state index contributed by atoms with van der Waals surface area (Å²) in [6.45, 7) is 2.02. The van der Waals surface area contributed by atoms with Gasteiger partial charge in [-0.05, 0) is 80.5 Å². The molecule has 1 N–H and O–H groups in total. The quantitative estimate of drug-likeness (QED) is 0.171. The molecule has 0 radical (unpaired) electrons. The normalized spacial score (nSPS) is 17.5. The zero-order chi connectivity index (χ0) is 30.6. The molecule has 2 unspecified atom stereocenters. The highest BCUT2D eigenvalue weighted by Gasteiger charge is 2.36. The molecule has 5 aromatic rings. The van der Waals surface area contributed by atoms with Gasteiger partial charge in [-0.1, -0.05) is 0 Å². The first-order chi connectivity index (χ1) is 20.4. The fraction of sp³-hybridized carbons (Fsp3) is 0.241. The first-order valence-corrected chi connectivity index (χ1v) is 13.6. The van der Waals surface area contributed by atoms with E-state index >= 15 is 0 Å². The minimum Gasteiger partial charge on any atom is -0.334 e. The van der Waals surface area contributed by atoms with Gasteiger partial charge in [0.2, 0.25) is 0 Å². The molecule has 1 aliphatic rings. The van der Waals surface area contributed by atoms with Crippen LogP contribution in [0, 0.1) is 22.2 Å². The Morgan fingerprint density at radius 2 is 1.84 bits per heavy atom. The van der Waals surface area contributed by atoms with Gasteiger partial charge in [0.1, 0.15) is 11.3 Å². The monoisotopic (exact) mass is 616 g/mol. The zero-order valence-electron chi connectivity index (χ0n) is 22.4. The van der Waals surface area contributed by atoms with Crippen molar-refractivity contribution in [3.8, 4) is 16.9 Å². The third-order valence-corrected chi connectivity index (χ3v) is 7.93. The molecular weight excluding hydrogens is 594 g/mol. The highest BCUT2D eigenvalue weighted by atomic mass is 32.1. The fourth-order valence-electron chi connectivity index (χ4n) is 5.60. The second kappa shape index (κ2) is 10.7. The average Bonchev–Trinajstić information content (AvgIpc) is 3.56. The Kier molecular flexibility index (Phi) is 7.11. The molecule has 1 aliphatic heterocycles. The van der Waals surface area contributed by atoms with Gasteiger partial charge in [0, 0.05) is 36.6 Å². The lowest BCUT2D eigenvalue weighted by Crippen LogP contribution is -2.45. The van der Waals surface area contributed by atoms with Crippen LogP contribution in [0.25, 0.3) is 28.0 Å². The van der Waals surface area contributed by atoms with Gasteiger partial charge < -0.3 is 14.5 Å². The molecule has 0 bridgehead atoms. The van der Waals surface area contributed by atoms with Crippen molar-refractivity contribution in [2.75, 3.05) is 6.54 Å². The molecule has 2 aromatic carbocycles. The van der Waals surface area contributed by atoms with E-state index in [9.17, 15) is 31.1 Å². The van der Waals surface area contributed by atoms with Crippen LogP contribution in [-0.4, -0.2) is 47.7 Å². The lowest BCUT2D eigenvalue weighted by molar-refractivity contribution is -0.140. The van der Waals surface area contributed by atoms with Crippen LogP contribution in [0.4, 0.5) is 26.3 Å².